The lowest BCUT2D eigenvalue weighted by molar-refractivity contribution is 0.332. The molecule has 9 aromatic rings. The molecule has 0 amide bonds. The predicted octanol–water partition coefficient (Wildman–Crippen LogP) is 16.6. The Balaban J connectivity index is 1.27. The number of fused-ring (bicyclic) bond motifs is 9. The van der Waals surface area contributed by atoms with Crippen LogP contribution in [0.3, 0.4) is 0 Å². The zero-order valence-corrected chi connectivity index (χ0v) is 41.4. The van der Waals surface area contributed by atoms with E-state index in [2.05, 4.69) is 243 Å². The highest BCUT2D eigenvalue weighted by molar-refractivity contribution is 6.94. The van der Waals surface area contributed by atoms with Gasteiger partial charge in [-0.25, -0.2) is 0 Å². The summed E-state index contributed by atoms with van der Waals surface area (Å²) in [5.74, 6) is 0. The van der Waals surface area contributed by atoms with Crippen molar-refractivity contribution in [1.29, 1.82) is 0 Å². The van der Waals surface area contributed by atoms with Crippen LogP contribution in [0.15, 0.2) is 168 Å². The Hall–Kier alpha value is -6.78. The van der Waals surface area contributed by atoms with Gasteiger partial charge in [0, 0.05) is 39.0 Å². The Bertz CT molecular complexity index is 3470. The van der Waals surface area contributed by atoms with Crippen LogP contribution < -0.4 is 20.6 Å². The molecule has 0 unspecified atom stereocenters. The summed E-state index contributed by atoms with van der Waals surface area (Å²) in [4.78, 5) is 5.28. The molecule has 4 heteroatoms. The van der Waals surface area contributed by atoms with Gasteiger partial charge in [0.25, 0.3) is 0 Å². The summed E-state index contributed by atoms with van der Waals surface area (Å²) >= 11 is 0. The fourth-order valence-corrected chi connectivity index (χ4v) is 11.8. The first-order valence-electron chi connectivity index (χ1n) is 24.7. The van der Waals surface area contributed by atoms with Crippen LogP contribution >= 0.6 is 0 Å². The number of nitrogens with zero attached hydrogens (tertiary/aromatic N) is 2. The number of furan rings is 1. The van der Waals surface area contributed by atoms with Gasteiger partial charge in [-0.05, 0) is 145 Å². The van der Waals surface area contributed by atoms with Gasteiger partial charge < -0.3 is 14.1 Å². The number of hydrogen-bond acceptors (Lipinski definition) is 3. The first-order valence-corrected chi connectivity index (χ1v) is 24.7. The van der Waals surface area contributed by atoms with Crippen molar-refractivity contribution in [3.8, 4) is 33.4 Å². The summed E-state index contributed by atoms with van der Waals surface area (Å²) in [5.41, 5.74) is 23.1. The van der Waals surface area contributed by atoms with Crippen LogP contribution in [0.4, 0.5) is 28.4 Å². The van der Waals surface area contributed by atoms with Gasteiger partial charge in [0.2, 0.25) is 0 Å². The number of rotatable bonds is 4. The molecule has 0 atom stereocenters. The molecule has 0 spiro atoms. The van der Waals surface area contributed by atoms with Crippen molar-refractivity contribution in [3.63, 3.8) is 0 Å². The number of hydrogen-bond donors (Lipinski definition) is 0. The molecular weight excluding hydrogens is 824 g/mol. The molecule has 0 saturated heterocycles. The van der Waals surface area contributed by atoms with Gasteiger partial charge >= 0.3 is 6.85 Å². The Kier molecular flexibility index (Phi) is 9.30. The molecule has 3 nitrogen and oxygen atoms in total. The lowest BCUT2D eigenvalue weighted by Crippen LogP contribution is -2.61. The summed E-state index contributed by atoms with van der Waals surface area (Å²) in [6, 6.07) is 62.2. The zero-order chi connectivity index (χ0) is 47.1. The van der Waals surface area contributed by atoms with E-state index in [0.717, 1.165) is 46.2 Å². The molecule has 68 heavy (non-hydrogen) atoms. The fraction of sp³-hybridized carbons (Fsp3) is 0.250. The Morgan fingerprint density at radius 1 is 0.485 bits per heavy atom. The van der Waals surface area contributed by atoms with Gasteiger partial charge in [0.15, 0.2) is 5.58 Å². The second-order valence-corrected chi connectivity index (χ2v) is 23.2. The molecule has 0 bridgehead atoms. The summed E-state index contributed by atoms with van der Waals surface area (Å²) in [6.07, 6.45) is 2.30. The standard InChI is InChI=1S/C64H61BN2O/c1-61(2,3)43-25-28-45(29-26-43)67-55-39-52-51(63(7,8)33-34-64(52,9)10)38-49(55)50-35-42(40-19-13-11-14-20-40)36-56-58(50)65(67)53-31-30-47-46-23-17-18-24-57(46)68-60(47)59(53)66(56)54-32-27-44(62(4,5)6)37-48(54)41-21-15-12-16-22-41/h11-32,35-39H,33-34H2,1-10H3. The van der Waals surface area contributed by atoms with Crippen molar-refractivity contribution in [2.45, 2.75) is 104 Å². The highest BCUT2D eigenvalue weighted by atomic mass is 16.3. The highest BCUT2D eigenvalue weighted by Gasteiger charge is 2.48. The molecule has 3 heterocycles. The van der Waals surface area contributed by atoms with Crippen molar-refractivity contribution < 1.29 is 4.42 Å². The van der Waals surface area contributed by atoms with E-state index in [0.29, 0.717) is 0 Å². The Morgan fingerprint density at radius 2 is 1.10 bits per heavy atom. The molecule has 0 saturated carbocycles. The largest absolute Gasteiger partial charge is 0.454 e. The van der Waals surface area contributed by atoms with Crippen LogP contribution in [0.5, 0.6) is 0 Å². The molecule has 8 aromatic carbocycles. The zero-order valence-electron chi connectivity index (χ0n) is 41.4. The van der Waals surface area contributed by atoms with Gasteiger partial charge in [-0.1, -0.05) is 178 Å². The van der Waals surface area contributed by atoms with Crippen LogP contribution in [0, 0.1) is 0 Å². The summed E-state index contributed by atoms with van der Waals surface area (Å²) in [5, 5.41) is 2.25. The monoisotopic (exact) mass is 884 g/mol. The molecule has 3 aliphatic rings. The molecule has 0 N–H and O–H groups in total. The molecule has 0 fully saturated rings. The average molecular weight is 885 g/mol. The van der Waals surface area contributed by atoms with Crippen molar-refractivity contribution in [1.82, 2.24) is 0 Å². The van der Waals surface area contributed by atoms with Gasteiger partial charge in [0.1, 0.15) is 5.58 Å². The number of anilines is 5. The normalized spacial score (nSPS) is 15.8. The number of para-hydroxylation sites is 1. The van der Waals surface area contributed by atoms with Crippen molar-refractivity contribution in [2.75, 3.05) is 9.71 Å². The highest BCUT2D eigenvalue weighted by Crippen LogP contribution is 2.55. The van der Waals surface area contributed by atoms with Crippen LogP contribution in [-0.2, 0) is 21.7 Å². The summed E-state index contributed by atoms with van der Waals surface area (Å²) in [6.45, 7) is 23.5. The summed E-state index contributed by atoms with van der Waals surface area (Å²) < 4.78 is 7.23. The average Bonchev–Trinajstić information content (AvgIpc) is 3.72. The van der Waals surface area contributed by atoms with Gasteiger partial charge in [-0.3, -0.25) is 0 Å². The van der Waals surface area contributed by atoms with Gasteiger partial charge in [-0.15, -0.1) is 0 Å². The smallest absolute Gasteiger partial charge is 0.333 e. The van der Waals surface area contributed by atoms with E-state index in [9.17, 15) is 0 Å². The second-order valence-electron chi connectivity index (χ2n) is 23.2. The molecule has 0 radical (unpaired) electrons. The third kappa shape index (κ3) is 6.54. The van der Waals surface area contributed by atoms with E-state index in [-0.39, 0.29) is 28.5 Å². The summed E-state index contributed by atoms with van der Waals surface area (Å²) in [7, 11) is 0. The lowest BCUT2D eigenvalue weighted by atomic mass is 9.43. The van der Waals surface area contributed by atoms with Gasteiger partial charge in [-0.2, -0.15) is 0 Å². The molecule has 1 aromatic heterocycles. The van der Waals surface area contributed by atoms with Crippen molar-refractivity contribution in [3.05, 3.63) is 186 Å². The molecule has 1 aliphatic carbocycles. The third-order valence-corrected chi connectivity index (χ3v) is 15.8. The number of benzene rings is 8. The van der Waals surface area contributed by atoms with Crippen LogP contribution in [0.25, 0.3) is 55.3 Å². The minimum atomic E-state index is -0.173. The first kappa shape index (κ1) is 42.6. The fourth-order valence-electron chi connectivity index (χ4n) is 11.8. The maximum atomic E-state index is 7.23. The molecule has 336 valence electrons. The maximum absolute atomic E-state index is 7.23. The van der Waals surface area contributed by atoms with Crippen LogP contribution in [-0.4, -0.2) is 6.85 Å². The van der Waals surface area contributed by atoms with Crippen molar-refractivity contribution >= 4 is 68.1 Å². The van der Waals surface area contributed by atoms with Gasteiger partial charge in [0.05, 0.1) is 11.4 Å². The minimum absolute atomic E-state index is 0.0183. The third-order valence-electron chi connectivity index (χ3n) is 15.8. The van der Waals surface area contributed by atoms with Crippen LogP contribution in [0.1, 0.15) is 104 Å². The Morgan fingerprint density at radius 3 is 1.78 bits per heavy atom. The van der Waals surface area contributed by atoms with E-state index in [1.165, 1.54) is 83.6 Å². The Labute approximate surface area is 403 Å². The maximum Gasteiger partial charge on any atom is 0.333 e. The van der Waals surface area contributed by atoms with Crippen LogP contribution in [0.2, 0.25) is 0 Å². The van der Waals surface area contributed by atoms with E-state index in [4.69, 9.17) is 4.42 Å². The molecule has 12 rings (SSSR count). The quantitative estimate of drug-likeness (QED) is 0.164. The first-order chi connectivity index (χ1) is 32.5. The predicted molar refractivity (Wildman–Crippen MR) is 291 cm³/mol. The minimum Gasteiger partial charge on any atom is -0.454 e. The molecule has 2 aliphatic heterocycles. The van der Waals surface area contributed by atoms with E-state index in [1.54, 1.807) is 0 Å². The molecular formula is C64H61BN2O. The van der Waals surface area contributed by atoms with E-state index >= 15 is 0 Å². The van der Waals surface area contributed by atoms with Crippen molar-refractivity contribution in [2.24, 2.45) is 0 Å². The van der Waals surface area contributed by atoms with E-state index < -0.39 is 0 Å². The van der Waals surface area contributed by atoms with E-state index in [1.807, 2.05) is 0 Å². The second kappa shape index (κ2) is 14.9. The lowest BCUT2D eigenvalue weighted by Gasteiger charge is -2.48. The topological polar surface area (TPSA) is 19.6 Å². The SMILES string of the molecule is CC(C)(C)c1ccc(N2B3c4ccc5c(oc6ccccc65)c4N(c4ccc(C(C)(C)C)cc4-c4ccccc4)c4cc(-c5ccccc5)cc(c43)-c3cc4c(cc32)C(C)(C)CCC4(C)C)cc1.